The summed E-state index contributed by atoms with van der Waals surface area (Å²) < 4.78 is 24.1. The minimum Gasteiger partial charge on any atom is -0.258 e. The topological polar surface area (TPSA) is 68.9 Å². The standard InChI is InChI=1S/C4F2N3O2/c5-3-2(9(10)11)1-7-4(6)8-3. The van der Waals surface area contributed by atoms with E-state index in [0.29, 0.717) is 0 Å². The second-order valence-corrected chi connectivity index (χ2v) is 1.50. The van der Waals surface area contributed by atoms with Gasteiger partial charge >= 0.3 is 11.8 Å². The normalized spacial score (nSPS) is 9.64. The molecule has 0 fully saturated rings. The molecule has 0 bridgehead atoms. The van der Waals surface area contributed by atoms with Crippen LogP contribution in [0.5, 0.6) is 0 Å². The third kappa shape index (κ3) is 1.42. The zero-order chi connectivity index (χ0) is 8.43. The Kier molecular flexibility index (Phi) is 1.71. The van der Waals surface area contributed by atoms with Gasteiger partial charge in [0, 0.05) is 0 Å². The zero-order valence-electron chi connectivity index (χ0n) is 4.91. The molecule has 1 aromatic rings. The van der Waals surface area contributed by atoms with Crippen LogP contribution >= 0.6 is 0 Å². The number of nitrogens with zero attached hydrogens (tertiary/aromatic N) is 3. The SMILES string of the molecule is O=[N+]([O-])c1[c]nc(F)nc1F. The van der Waals surface area contributed by atoms with Crippen LogP contribution in [-0.4, -0.2) is 14.9 Å². The summed E-state index contributed by atoms with van der Waals surface area (Å²) in [6, 6.07) is 0. The van der Waals surface area contributed by atoms with E-state index in [2.05, 4.69) is 9.97 Å². The van der Waals surface area contributed by atoms with E-state index in [1.807, 2.05) is 0 Å². The van der Waals surface area contributed by atoms with Gasteiger partial charge in [-0.05, 0) is 0 Å². The van der Waals surface area contributed by atoms with Gasteiger partial charge in [-0.1, -0.05) is 0 Å². The molecule has 0 aliphatic heterocycles. The molecule has 0 aliphatic carbocycles. The molecule has 0 N–H and O–H groups in total. The van der Waals surface area contributed by atoms with Crippen LogP contribution in [0.2, 0.25) is 0 Å². The maximum absolute atomic E-state index is 12.2. The number of rotatable bonds is 1. The Balaban J connectivity index is 3.20. The van der Waals surface area contributed by atoms with E-state index in [-0.39, 0.29) is 0 Å². The third-order valence-corrected chi connectivity index (χ3v) is 0.822. The predicted molar refractivity (Wildman–Crippen MR) is 27.4 cm³/mol. The van der Waals surface area contributed by atoms with Crippen LogP contribution in [0.25, 0.3) is 0 Å². The average molecular weight is 160 g/mol. The maximum atomic E-state index is 12.2. The lowest BCUT2D eigenvalue weighted by molar-refractivity contribution is -0.388. The molecule has 0 aromatic carbocycles. The summed E-state index contributed by atoms with van der Waals surface area (Å²) in [5.41, 5.74) is -1.06. The van der Waals surface area contributed by atoms with Gasteiger partial charge in [-0.3, -0.25) is 10.1 Å². The lowest BCUT2D eigenvalue weighted by atomic mass is 10.5. The molecule has 0 spiro atoms. The zero-order valence-corrected chi connectivity index (χ0v) is 4.91. The van der Waals surface area contributed by atoms with E-state index in [1.165, 1.54) is 0 Å². The van der Waals surface area contributed by atoms with Crippen molar-refractivity contribution in [3.8, 4) is 0 Å². The summed E-state index contributed by atoms with van der Waals surface area (Å²) in [7, 11) is 0. The highest BCUT2D eigenvalue weighted by molar-refractivity contribution is 5.20. The molecule has 0 saturated heterocycles. The smallest absolute Gasteiger partial charge is 0.258 e. The Morgan fingerprint density at radius 3 is 2.64 bits per heavy atom. The summed E-state index contributed by atoms with van der Waals surface area (Å²) in [6.07, 6.45) is 0.161. The Labute approximate surface area is 58.9 Å². The molecule has 0 unspecified atom stereocenters. The lowest BCUT2D eigenvalue weighted by Gasteiger charge is -1.89. The molecule has 0 saturated carbocycles. The molecular formula is C4F2N3O2. The summed E-state index contributed by atoms with van der Waals surface area (Å²) >= 11 is 0. The van der Waals surface area contributed by atoms with Crippen LogP contribution in [0.3, 0.4) is 0 Å². The van der Waals surface area contributed by atoms with Crippen molar-refractivity contribution in [1.82, 2.24) is 9.97 Å². The van der Waals surface area contributed by atoms with Crippen LogP contribution in [0.1, 0.15) is 0 Å². The number of nitro groups is 1. The summed E-state index contributed by atoms with van der Waals surface area (Å²) in [5, 5.41) is 9.86. The van der Waals surface area contributed by atoms with Crippen molar-refractivity contribution in [2.45, 2.75) is 0 Å². The average Bonchev–Trinajstić information content (AvgIpc) is 1.85. The molecule has 57 valence electrons. The van der Waals surface area contributed by atoms with Crippen molar-refractivity contribution < 1.29 is 13.7 Å². The third-order valence-electron chi connectivity index (χ3n) is 0.822. The highest BCUT2D eigenvalue weighted by Gasteiger charge is 2.17. The van der Waals surface area contributed by atoms with Crippen LogP contribution in [0.15, 0.2) is 0 Å². The highest BCUT2D eigenvalue weighted by atomic mass is 19.1. The van der Waals surface area contributed by atoms with Gasteiger partial charge in [0.25, 0.3) is 5.95 Å². The second-order valence-electron chi connectivity index (χ2n) is 1.50. The number of aromatic nitrogens is 2. The lowest BCUT2D eigenvalue weighted by Crippen LogP contribution is -1.99. The molecule has 0 amide bonds. The van der Waals surface area contributed by atoms with Gasteiger partial charge in [-0.15, -0.1) is 0 Å². The molecule has 0 atom stereocenters. The van der Waals surface area contributed by atoms with E-state index in [9.17, 15) is 18.9 Å². The van der Waals surface area contributed by atoms with Crippen LogP contribution < -0.4 is 0 Å². The van der Waals surface area contributed by atoms with Crippen LogP contribution in [-0.2, 0) is 0 Å². The molecule has 5 nitrogen and oxygen atoms in total. The minimum atomic E-state index is -1.53. The Morgan fingerprint density at radius 1 is 1.55 bits per heavy atom. The van der Waals surface area contributed by atoms with Gasteiger partial charge in [-0.2, -0.15) is 18.7 Å². The molecule has 11 heavy (non-hydrogen) atoms. The first kappa shape index (κ1) is 7.45. The van der Waals surface area contributed by atoms with E-state index in [1.54, 1.807) is 6.20 Å². The highest BCUT2D eigenvalue weighted by Crippen LogP contribution is 2.10. The van der Waals surface area contributed by atoms with E-state index >= 15 is 0 Å². The molecule has 1 aromatic heterocycles. The monoisotopic (exact) mass is 160 g/mol. The number of hydrogen-bond donors (Lipinski definition) is 0. The maximum Gasteiger partial charge on any atom is 0.352 e. The van der Waals surface area contributed by atoms with E-state index in [0.717, 1.165) is 0 Å². The summed E-state index contributed by atoms with van der Waals surface area (Å²) in [4.78, 5) is 13.9. The van der Waals surface area contributed by atoms with Gasteiger partial charge < -0.3 is 0 Å². The summed E-state index contributed by atoms with van der Waals surface area (Å²) in [6.45, 7) is 0. The molecule has 7 heteroatoms. The number of hydrogen-bond acceptors (Lipinski definition) is 4. The fourth-order valence-electron chi connectivity index (χ4n) is 0.420. The van der Waals surface area contributed by atoms with Gasteiger partial charge in [0.2, 0.25) is 0 Å². The first-order valence-corrected chi connectivity index (χ1v) is 2.36. The Bertz CT molecular complexity index is 303. The number of halogens is 2. The van der Waals surface area contributed by atoms with Gasteiger partial charge in [0.15, 0.2) is 6.20 Å². The minimum absolute atomic E-state index is 1.06. The molecular weight excluding hydrogens is 160 g/mol. The van der Waals surface area contributed by atoms with E-state index in [4.69, 9.17) is 0 Å². The van der Waals surface area contributed by atoms with Gasteiger partial charge in [-0.25, -0.2) is 0 Å². The summed E-state index contributed by atoms with van der Waals surface area (Å²) in [5.74, 6) is -1.53. The van der Waals surface area contributed by atoms with Gasteiger partial charge in [0.05, 0.1) is 4.92 Å². The molecule has 1 radical (unpaired) electrons. The van der Waals surface area contributed by atoms with Crippen molar-refractivity contribution in [2.24, 2.45) is 0 Å². The van der Waals surface area contributed by atoms with Gasteiger partial charge in [0.1, 0.15) is 0 Å². The van der Waals surface area contributed by atoms with E-state index < -0.39 is 22.6 Å². The first-order valence-electron chi connectivity index (χ1n) is 2.36. The Hall–Kier alpha value is -1.66. The molecule has 0 aliphatic rings. The first-order chi connectivity index (χ1) is 5.11. The van der Waals surface area contributed by atoms with Crippen molar-refractivity contribution in [3.05, 3.63) is 28.3 Å². The van der Waals surface area contributed by atoms with Crippen molar-refractivity contribution in [3.63, 3.8) is 0 Å². The van der Waals surface area contributed by atoms with Crippen LogP contribution in [0, 0.1) is 28.3 Å². The molecule has 1 rings (SSSR count). The largest absolute Gasteiger partial charge is 0.352 e. The van der Waals surface area contributed by atoms with Crippen molar-refractivity contribution in [2.75, 3.05) is 0 Å². The fourth-order valence-corrected chi connectivity index (χ4v) is 0.420. The van der Waals surface area contributed by atoms with Crippen molar-refractivity contribution >= 4 is 5.69 Å². The van der Waals surface area contributed by atoms with Crippen molar-refractivity contribution in [1.29, 1.82) is 0 Å². The Morgan fingerprint density at radius 2 is 2.18 bits per heavy atom. The quantitative estimate of drug-likeness (QED) is 0.259. The van der Waals surface area contributed by atoms with Crippen LogP contribution in [0.4, 0.5) is 14.5 Å². The molecule has 1 heterocycles. The fraction of sp³-hybridized carbons (Fsp3) is 0. The second kappa shape index (κ2) is 2.52. The predicted octanol–water partition coefficient (Wildman–Crippen LogP) is 0.463.